The number of benzene rings is 3. The molecule has 1 fully saturated rings. The summed E-state index contributed by atoms with van der Waals surface area (Å²) in [6.07, 6.45) is 0.774. The molecule has 0 spiro atoms. The first-order valence-corrected chi connectivity index (χ1v) is 13.0. The molecule has 0 saturated heterocycles. The Morgan fingerprint density at radius 2 is 1.51 bits per heavy atom. The normalized spacial score (nSPS) is 14.5. The largest absolute Gasteiger partial charge is 0.468 e. The van der Waals surface area contributed by atoms with Crippen LogP contribution in [0.15, 0.2) is 78.9 Å². The highest BCUT2D eigenvalue weighted by molar-refractivity contribution is 7.10. The van der Waals surface area contributed by atoms with Gasteiger partial charge in [-0.3, -0.25) is 10.1 Å². The molecule has 188 valence electrons. The van der Waals surface area contributed by atoms with E-state index in [0.717, 1.165) is 51.2 Å². The standard InChI is InChI=1S/C30H28N2O4S/c1-19-26(31-29(34)36-20(2)21-7-5-4-6-8-21)27(37-32-19)24-11-9-22(10-12-24)23-13-15-25(16-14-23)30(17-18-30)28(33)35-3/h4-16,20H,17-18H2,1-3H3,(H,31,34)/t20-/m1/s1. The molecule has 1 atom stereocenters. The number of rotatable bonds is 7. The van der Waals surface area contributed by atoms with E-state index in [9.17, 15) is 9.59 Å². The highest BCUT2D eigenvalue weighted by Gasteiger charge is 2.52. The molecule has 1 aromatic heterocycles. The van der Waals surface area contributed by atoms with Gasteiger partial charge in [-0.1, -0.05) is 78.9 Å². The maximum atomic E-state index is 12.6. The molecule has 1 N–H and O–H groups in total. The third-order valence-corrected chi connectivity index (χ3v) is 7.87. The van der Waals surface area contributed by atoms with Gasteiger partial charge in [-0.2, -0.15) is 4.37 Å². The number of anilines is 1. The van der Waals surface area contributed by atoms with Crippen molar-refractivity contribution < 1.29 is 19.1 Å². The fourth-order valence-electron chi connectivity index (χ4n) is 4.52. The number of hydrogen-bond donors (Lipinski definition) is 1. The summed E-state index contributed by atoms with van der Waals surface area (Å²) < 4.78 is 15.0. The van der Waals surface area contributed by atoms with Gasteiger partial charge in [0.25, 0.3) is 0 Å². The van der Waals surface area contributed by atoms with Crippen LogP contribution in [0, 0.1) is 6.92 Å². The summed E-state index contributed by atoms with van der Waals surface area (Å²) in [5.74, 6) is -0.160. The number of methoxy groups -OCH3 is 1. The Morgan fingerprint density at radius 1 is 0.919 bits per heavy atom. The van der Waals surface area contributed by atoms with Crippen molar-refractivity contribution in [3.8, 4) is 21.6 Å². The van der Waals surface area contributed by atoms with E-state index in [1.165, 1.54) is 18.6 Å². The minimum absolute atomic E-state index is 0.160. The van der Waals surface area contributed by atoms with Gasteiger partial charge in [0, 0.05) is 0 Å². The molecule has 1 aliphatic rings. The first-order valence-electron chi connectivity index (χ1n) is 12.2. The van der Waals surface area contributed by atoms with E-state index < -0.39 is 11.5 Å². The SMILES string of the molecule is COC(=O)C1(c2ccc(-c3ccc(-c4snc(C)c4NC(=O)O[C@H](C)c4ccccc4)cc3)cc2)CC1. The van der Waals surface area contributed by atoms with Crippen molar-refractivity contribution in [2.45, 2.75) is 38.2 Å². The van der Waals surface area contributed by atoms with E-state index in [-0.39, 0.29) is 12.1 Å². The molecule has 6 nitrogen and oxygen atoms in total. The minimum atomic E-state index is -0.516. The van der Waals surface area contributed by atoms with Gasteiger partial charge in [0.05, 0.1) is 28.8 Å². The number of ether oxygens (including phenoxy) is 2. The van der Waals surface area contributed by atoms with Crippen LogP contribution < -0.4 is 5.32 Å². The summed E-state index contributed by atoms with van der Waals surface area (Å²) in [6, 6.07) is 25.9. The second-order valence-corrected chi connectivity index (χ2v) is 10.1. The second-order valence-electron chi connectivity index (χ2n) is 9.28. The van der Waals surface area contributed by atoms with E-state index in [4.69, 9.17) is 9.47 Å². The summed E-state index contributed by atoms with van der Waals surface area (Å²) in [5.41, 5.74) is 5.94. The molecule has 7 heteroatoms. The van der Waals surface area contributed by atoms with Crippen molar-refractivity contribution in [2.24, 2.45) is 0 Å². The van der Waals surface area contributed by atoms with Crippen molar-refractivity contribution in [3.63, 3.8) is 0 Å². The number of nitrogens with one attached hydrogen (secondary N) is 1. The van der Waals surface area contributed by atoms with E-state index in [2.05, 4.69) is 9.69 Å². The quantitative estimate of drug-likeness (QED) is 0.263. The van der Waals surface area contributed by atoms with Crippen molar-refractivity contribution in [1.82, 2.24) is 4.37 Å². The highest BCUT2D eigenvalue weighted by atomic mass is 32.1. The smallest absolute Gasteiger partial charge is 0.412 e. The van der Waals surface area contributed by atoms with E-state index in [1.807, 2.05) is 92.7 Å². The third-order valence-electron chi connectivity index (χ3n) is 6.89. The molecule has 4 aromatic rings. The van der Waals surface area contributed by atoms with Crippen molar-refractivity contribution in [1.29, 1.82) is 0 Å². The van der Waals surface area contributed by atoms with Crippen LogP contribution in [0.5, 0.6) is 0 Å². The molecule has 1 saturated carbocycles. The zero-order chi connectivity index (χ0) is 26.0. The van der Waals surface area contributed by atoms with Crippen molar-refractivity contribution >= 4 is 29.3 Å². The number of carbonyl (C=O) groups is 2. The molecular formula is C30H28N2O4S. The zero-order valence-electron chi connectivity index (χ0n) is 21.0. The number of carbonyl (C=O) groups excluding carboxylic acids is 2. The molecule has 37 heavy (non-hydrogen) atoms. The molecule has 0 aliphatic heterocycles. The van der Waals surface area contributed by atoms with Crippen molar-refractivity contribution in [3.05, 3.63) is 95.7 Å². The Bertz CT molecular complexity index is 1410. The molecule has 5 rings (SSSR count). The Hall–Kier alpha value is -3.97. The van der Waals surface area contributed by atoms with Crippen LogP contribution >= 0.6 is 11.5 Å². The zero-order valence-corrected chi connectivity index (χ0v) is 21.8. The van der Waals surface area contributed by atoms with E-state index in [0.29, 0.717) is 5.69 Å². The predicted molar refractivity (Wildman–Crippen MR) is 146 cm³/mol. The molecule has 1 amide bonds. The second kappa shape index (κ2) is 10.2. The molecule has 0 bridgehead atoms. The Morgan fingerprint density at radius 3 is 2.11 bits per heavy atom. The fraction of sp³-hybridized carbons (Fsp3) is 0.233. The summed E-state index contributed by atoms with van der Waals surface area (Å²) in [4.78, 5) is 25.7. The summed E-state index contributed by atoms with van der Waals surface area (Å²) in [6.45, 7) is 3.72. The summed E-state index contributed by atoms with van der Waals surface area (Å²) >= 11 is 1.34. The lowest BCUT2D eigenvalue weighted by Gasteiger charge is -2.15. The van der Waals surface area contributed by atoms with Gasteiger partial charge in [0.2, 0.25) is 0 Å². The van der Waals surface area contributed by atoms with E-state index >= 15 is 0 Å². The van der Waals surface area contributed by atoms with Gasteiger partial charge < -0.3 is 9.47 Å². The topological polar surface area (TPSA) is 77.5 Å². The first-order chi connectivity index (χ1) is 17.9. The average Bonchev–Trinajstić information content (AvgIpc) is 3.67. The third kappa shape index (κ3) is 5.00. The fourth-order valence-corrected chi connectivity index (χ4v) is 5.38. The Kier molecular flexibility index (Phi) is 6.80. The molecule has 3 aromatic carbocycles. The number of aromatic nitrogens is 1. The molecule has 0 unspecified atom stereocenters. The van der Waals surface area contributed by atoms with Gasteiger partial charge in [-0.05, 0) is 66.0 Å². The monoisotopic (exact) mass is 512 g/mol. The lowest BCUT2D eigenvalue weighted by molar-refractivity contribution is -0.143. The average molecular weight is 513 g/mol. The maximum Gasteiger partial charge on any atom is 0.412 e. The van der Waals surface area contributed by atoms with Gasteiger partial charge in [-0.15, -0.1) is 0 Å². The van der Waals surface area contributed by atoms with E-state index in [1.54, 1.807) is 0 Å². The summed E-state index contributed by atoms with van der Waals surface area (Å²) in [7, 11) is 1.44. The first kappa shape index (κ1) is 24.7. The van der Waals surface area contributed by atoms with Crippen LogP contribution in [0.3, 0.4) is 0 Å². The Balaban J connectivity index is 1.30. The number of aryl methyl sites for hydroxylation is 1. The maximum absolute atomic E-state index is 12.6. The van der Waals surface area contributed by atoms with Crippen LogP contribution in [0.25, 0.3) is 21.6 Å². The lowest BCUT2D eigenvalue weighted by Crippen LogP contribution is -2.21. The van der Waals surface area contributed by atoms with Crippen molar-refractivity contribution in [2.75, 3.05) is 12.4 Å². The molecule has 1 heterocycles. The predicted octanol–water partition coefficient (Wildman–Crippen LogP) is 7.30. The number of hydrogen-bond acceptors (Lipinski definition) is 6. The lowest BCUT2D eigenvalue weighted by atomic mass is 9.93. The number of esters is 1. The highest BCUT2D eigenvalue weighted by Crippen LogP contribution is 2.49. The van der Waals surface area contributed by atoms with Gasteiger partial charge in [0.15, 0.2) is 0 Å². The Labute approximate surface area is 220 Å². The molecular weight excluding hydrogens is 484 g/mol. The number of nitrogens with zero attached hydrogens (tertiary/aromatic N) is 1. The van der Waals surface area contributed by atoms with Crippen LogP contribution in [0.1, 0.15) is 42.7 Å². The van der Waals surface area contributed by atoms with Crippen LogP contribution in [-0.4, -0.2) is 23.5 Å². The summed E-state index contributed by atoms with van der Waals surface area (Å²) in [5, 5.41) is 2.89. The van der Waals surface area contributed by atoms with Gasteiger partial charge in [0.1, 0.15) is 6.10 Å². The van der Waals surface area contributed by atoms with Gasteiger partial charge in [-0.25, -0.2) is 4.79 Å². The van der Waals surface area contributed by atoms with Crippen LogP contribution in [-0.2, 0) is 19.7 Å². The van der Waals surface area contributed by atoms with Crippen LogP contribution in [0.4, 0.5) is 10.5 Å². The number of amides is 1. The van der Waals surface area contributed by atoms with Gasteiger partial charge >= 0.3 is 12.1 Å². The van der Waals surface area contributed by atoms with Crippen LogP contribution in [0.2, 0.25) is 0 Å². The molecule has 1 aliphatic carbocycles. The molecule has 0 radical (unpaired) electrons. The minimum Gasteiger partial charge on any atom is -0.468 e.